The van der Waals surface area contributed by atoms with Crippen molar-refractivity contribution in [2.45, 2.75) is 75.9 Å². The molecule has 0 saturated heterocycles. The minimum atomic E-state index is -4.17. The van der Waals surface area contributed by atoms with Gasteiger partial charge in [0.1, 0.15) is 18.3 Å². The number of carbonyl (C=O) groups is 2. The fourth-order valence-corrected chi connectivity index (χ4v) is 6.86. The Balaban J connectivity index is 1.72. The summed E-state index contributed by atoms with van der Waals surface area (Å²) in [6, 6.07) is 22.0. The van der Waals surface area contributed by atoms with Crippen molar-refractivity contribution < 1.29 is 22.7 Å². The van der Waals surface area contributed by atoms with Crippen LogP contribution in [0.25, 0.3) is 0 Å². The van der Waals surface area contributed by atoms with Gasteiger partial charge in [0.25, 0.3) is 10.0 Å². The molecule has 8 nitrogen and oxygen atoms in total. The highest BCUT2D eigenvalue weighted by atomic mass is 32.2. The summed E-state index contributed by atoms with van der Waals surface area (Å²) in [6.07, 6.45) is 5.53. The average Bonchev–Trinajstić information content (AvgIpc) is 3.00. The first-order chi connectivity index (χ1) is 20.2. The second kappa shape index (κ2) is 14.4. The lowest BCUT2D eigenvalue weighted by molar-refractivity contribution is -0.140. The van der Waals surface area contributed by atoms with Gasteiger partial charge in [-0.05, 0) is 56.0 Å². The van der Waals surface area contributed by atoms with Gasteiger partial charge >= 0.3 is 0 Å². The van der Waals surface area contributed by atoms with Crippen molar-refractivity contribution in [3.8, 4) is 5.75 Å². The molecule has 3 aromatic rings. The SMILES string of the molecule is CC[C@@H](C(=O)NC1CCCCC1)N(Cc1ccccc1)C(=O)CN(c1ccccc1OC)S(=O)(=O)c1ccc(C)cc1. The highest BCUT2D eigenvalue weighted by molar-refractivity contribution is 7.92. The lowest BCUT2D eigenvalue weighted by Crippen LogP contribution is -2.54. The first-order valence-corrected chi connectivity index (χ1v) is 16.0. The number of carbonyl (C=O) groups excluding carboxylic acids is 2. The Bertz CT molecular complexity index is 1440. The third-order valence-corrected chi connectivity index (χ3v) is 9.55. The van der Waals surface area contributed by atoms with Gasteiger partial charge in [0.15, 0.2) is 0 Å². The van der Waals surface area contributed by atoms with E-state index in [9.17, 15) is 18.0 Å². The summed E-state index contributed by atoms with van der Waals surface area (Å²) in [4.78, 5) is 29.5. The molecule has 0 bridgehead atoms. The van der Waals surface area contributed by atoms with Crippen LogP contribution in [0.4, 0.5) is 5.69 Å². The summed E-state index contributed by atoms with van der Waals surface area (Å²) in [5.74, 6) is -0.373. The van der Waals surface area contributed by atoms with E-state index in [2.05, 4.69) is 5.32 Å². The molecular formula is C33H41N3O5S. The average molecular weight is 592 g/mol. The molecule has 9 heteroatoms. The van der Waals surface area contributed by atoms with Crippen molar-refractivity contribution in [2.24, 2.45) is 0 Å². The quantitative estimate of drug-likeness (QED) is 0.302. The fourth-order valence-electron chi connectivity index (χ4n) is 5.43. The van der Waals surface area contributed by atoms with E-state index in [1.807, 2.05) is 44.2 Å². The maximum Gasteiger partial charge on any atom is 0.264 e. The Morgan fingerprint density at radius 3 is 2.21 bits per heavy atom. The van der Waals surface area contributed by atoms with Gasteiger partial charge in [-0.3, -0.25) is 13.9 Å². The minimum Gasteiger partial charge on any atom is -0.495 e. The number of hydrogen-bond acceptors (Lipinski definition) is 5. The number of methoxy groups -OCH3 is 1. The largest absolute Gasteiger partial charge is 0.495 e. The summed E-state index contributed by atoms with van der Waals surface area (Å²) < 4.78 is 34.8. The molecule has 1 aliphatic rings. The van der Waals surface area contributed by atoms with Crippen LogP contribution in [0.15, 0.2) is 83.8 Å². The molecular weight excluding hydrogens is 550 g/mol. The number of nitrogens with zero attached hydrogens (tertiary/aromatic N) is 2. The molecule has 0 heterocycles. The standard InChI is InChI=1S/C33H41N3O5S/c1-4-29(33(38)34-27-15-9-6-10-16-27)35(23-26-13-7-5-8-14-26)32(37)24-36(30-17-11-12-18-31(30)41-3)42(39,40)28-21-19-25(2)20-22-28/h5,7-8,11-14,17-22,27,29H,4,6,9-10,15-16,23-24H2,1-3H3,(H,34,38)/t29-/m0/s1. The van der Waals surface area contributed by atoms with Crippen molar-refractivity contribution in [1.29, 1.82) is 0 Å². The second-order valence-corrected chi connectivity index (χ2v) is 12.6. The molecule has 4 rings (SSSR count). The predicted molar refractivity (Wildman–Crippen MR) is 165 cm³/mol. The Morgan fingerprint density at radius 2 is 1.57 bits per heavy atom. The normalized spacial score (nSPS) is 14.5. The van der Waals surface area contributed by atoms with E-state index in [-0.39, 0.29) is 29.1 Å². The molecule has 0 aromatic heterocycles. The predicted octanol–water partition coefficient (Wildman–Crippen LogP) is 5.46. The number of nitrogens with one attached hydrogen (secondary N) is 1. The van der Waals surface area contributed by atoms with Gasteiger partial charge < -0.3 is 15.0 Å². The number of sulfonamides is 1. The van der Waals surface area contributed by atoms with Crippen LogP contribution in [-0.4, -0.2) is 50.9 Å². The van der Waals surface area contributed by atoms with E-state index in [0.29, 0.717) is 12.2 Å². The van der Waals surface area contributed by atoms with Gasteiger partial charge in [-0.2, -0.15) is 0 Å². The van der Waals surface area contributed by atoms with Crippen molar-refractivity contribution in [2.75, 3.05) is 18.0 Å². The first kappa shape index (κ1) is 31.1. The molecule has 0 aliphatic heterocycles. The fraction of sp³-hybridized carbons (Fsp3) is 0.394. The summed E-state index contributed by atoms with van der Waals surface area (Å²) in [6.45, 7) is 3.41. The van der Waals surface area contributed by atoms with Gasteiger partial charge in [-0.15, -0.1) is 0 Å². The summed E-state index contributed by atoms with van der Waals surface area (Å²) in [7, 11) is -2.71. The maximum atomic E-state index is 14.3. The Hall–Kier alpha value is -3.85. The zero-order valence-electron chi connectivity index (χ0n) is 24.7. The smallest absolute Gasteiger partial charge is 0.264 e. The van der Waals surface area contributed by atoms with Gasteiger partial charge in [0.05, 0.1) is 17.7 Å². The van der Waals surface area contributed by atoms with E-state index in [1.165, 1.54) is 24.1 Å². The molecule has 1 atom stereocenters. The Morgan fingerprint density at radius 1 is 0.929 bits per heavy atom. The monoisotopic (exact) mass is 591 g/mol. The van der Waals surface area contributed by atoms with Gasteiger partial charge in [-0.25, -0.2) is 8.42 Å². The zero-order chi connectivity index (χ0) is 30.1. The number of benzene rings is 3. The van der Waals surface area contributed by atoms with E-state index >= 15 is 0 Å². The van der Waals surface area contributed by atoms with Crippen LogP contribution in [0.2, 0.25) is 0 Å². The molecule has 1 fully saturated rings. The van der Waals surface area contributed by atoms with Crippen LogP contribution in [0.5, 0.6) is 5.75 Å². The molecule has 1 aliphatic carbocycles. The highest BCUT2D eigenvalue weighted by Crippen LogP contribution is 2.32. The number of para-hydroxylation sites is 2. The number of ether oxygens (including phenoxy) is 1. The molecule has 0 unspecified atom stereocenters. The number of aryl methyl sites for hydroxylation is 1. The van der Waals surface area contributed by atoms with E-state index in [1.54, 1.807) is 36.4 Å². The summed E-state index contributed by atoms with van der Waals surface area (Å²) in [5.41, 5.74) is 2.01. The molecule has 1 saturated carbocycles. The number of hydrogen-bond donors (Lipinski definition) is 1. The van der Waals surface area contributed by atoms with Crippen molar-refractivity contribution >= 4 is 27.5 Å². The van der Waals surface area contributed by atoms with Crippen LogP contribution in [0.3, 0.4) is 0 Å². The minimum absolute atomic E-state index is 0.0588. The van der Waals surface area contributed by atoms with E-state index in [0.717, 1.165) is 47.5 Å². The molecule has 42 heavy (non-hydrogen) atoms. The number of amides is 2. The second-order valence-electron chi connectivity index (χ2n) is 10.8. The summed E-state index contributed by atoms with van der Waals surface area (Å²) in [5, 5.41) is 3.17. The highest BCUT2D eigenvalue weighted by Gasteiger charge is 2.35. The van der Waals surface area contributed by atoms with Gasteiger partial charge in [0, 0.05) is 12.6 Å². The topological polar surface area (TPSA) is 96.0 Å². The third kappa shape index (κ3) is 7.50. The lowest BCUT2D eigenvalue weighted by Gasteiger charge is -2.34. The molecule has 224 valence electrons. The first-order valence-electron chi connectivity index (χ1n) is 14.6. The molecule has 0 spiro atoms. The number of anilines is 1. The van der Waals surface area contributed by atoms with Crippen LogP contribution in [0.1, 0.15) is 56.6 Å². The van der Waals surface area contributed by atoms with Gasteiger partial charge in [0.2, 0.25) is 11.8 Å². The molecule has 1 N–H and O–H groups in total. The van der Waals surface area contributed by atoms with E-state index in [4.69, 9.17) is 4.74 Å². The molecule has 2 amide bonds. The molecule has 0 radical (unpaired) electrons. The Labute approximate surface area is 249 Å². The van der Waals surface area contributed by atoms with Crippen LogP contribution < -0.4 is 14.4 Å². The van der Waals surface area contributed by atoms with Crippen LogP contribution in [-0.2, 0) is 26.2 Å². The van der Waals surface area contributed by atoms with Crippen LogP contribution in [0, 0.1) is 6.92 Å². The molecule has 3 aromatic carbocycles. The summed E-state index contributed by atoms with van der Waals surface area (Å²) >= 11 is 0. The van der Waals surface area contributed by atoms with Crippen LogP contribution >= 0.6 is 0 Å². The zero-order valence-corrected chi connectivity index (χ0v) is 25.5. The van der Waals surface area contributed by atoms with E-state index < -0.39 is 28.5 Å². The Kier molecular flexibility index (Phi) is 10.6. The maximum absolute atomic E-state index is 14.3. The lowest BCUT2D eigenvalue weighted by atomic mass is 9.95. The number of rotatable bonds is 12. The third-order valence-electron chi connectivity index (χ3n) is 7.77. The van der Waals surface area contributed by atoms with Gasteiger partial charge in [-0.1, -0.05) is 86.3 Å². The van der Waals surface area contributed by atoms with Crippen molar-refractivity contribution in [3.05, 3.63) is 90.0 Å². The van der Waals surface area contributed by atoms with Crippen molar-refractivity contribution in [1.82, 2.24) is 10.2 Å². The van der Waals surface area contributed by atoms with Crippen molar-refractivity contribution in [3.63, 3.8) is 0 Å².